The van der Waals surface area contributed by atoms with Gasteiger partial charge in [0.1, 0.15) is 0 Å². The van der Waals surface area contributed by atoms with Crippen LogP contribution in [0.3, 0.4) is 0 Å². The van der Waals surface area contributed by atoms with Crippen molar-refractivity contribution in [1.82, 2.24) is 9.78 Å². The fourth-order valence-electron chi connectivity index (χ4n) is 4.48. The lowest BCUT2D eigenvalue weighted by molar-refractivity contribution is -0.122. The molecule has 0 radical (unpaired) electrons. The standard InChI is InChI=1S/C28H24N4O5/c1-18-15-24(33)29-22-13-7-8-14-23(22)32(18)25(34)17-37-28(36)26-20-11-5-6-12-21(20)27(35)31(30-26)16-19-9-3-2-4-10-19/h2-14,18H,15-17H2,1H3,(H,29,33). The van der Waals surface area contributed by atoms with Gasteiger partial charge in [0.2, 0.25) is 5.91 Å². The molecule has 9 heteroatoms. The van der Waals surface area contributed by atoms with Crippen LogP contribution in [-0.4, -0.2) is 40.2 Å². The summed E-state index contributed by atoms with van der Waals surface area (Å²) >= 11 is 0. The molecular weight excluding hydrogens is 472 g/mol. The Labute approximate surface area is 212 Å². The molecule has 0 bridgehead atoms. The average molecular weight is 497 g/mol. The molecule has 1 aliphatic heterocycles. The van der Waals surface area contributed by atoms with E-state index in [0.29, 0.717) is 22.1 Å². The average Bonchev–Trinajstić information content (AvgIpc) is 3.03. The Morgan fingerprint density at radius 1 is 0.946 bits per heavy atom. The molecule has 1 aromatic heterocycles. The summed E-state index contributed by atoms with van der Waals surface area (Å²) in [7, 11) is 0. The van der Waals surface area contributed by atoms with Crippen molar-refractivity contribution in [2.45, 2.75) is 25.9 Å². The molecule has 2 amide bonds. The van der Waals surface area contributed by atoms with Gasteiger partial charge in [-0.15, -0.1) is 0 Å². The van der Waals surface area contributed by atoms with Crippen LogP contribution in [0.2, 0.25) is 0 Å². The van der Waals surface area contributed by atoms with Crippen LogP contribution in [0.4, 0.5) is 11.4 Å². The van der Waals surface area contributed by atoms with Crippen LogP contribution in [-0.2, 0) is 20.9 Å². The molecule has 1 N–H and O–H groups in total. The van der Waals surface area contributed by atoms with Gasteiger partial charge in [0, 0.05) is 17.8 Å². The maximum Gasteiger partial charge on any atom is 0.359 e. The number of hydrogen-bond acceptors (Lipinski definition) is 6. The third-order valence-electron chi connectivity index (χ3n) is 6.19. The Bertz CT molecular complexity index is 1560. The molecule has 1 atom stereocenters. The third-order valence-corrected chi connectivity index (χ3v) is 6.19. The molecule has 186 valence electrons. The molecule has 2 heterocycles. The van der Waals surface area contributed by atoms with E-state index in [4.69, 9.17) is 4.74 Å². The lowest BCUT2D eigenvalue weighted by Crippen LogP contribution is -2.41. The molecule has 3 aromatic carbocycles. The molecule has 1 aliphatic rings. The molecule has 9 nitrogen and oxygen atoms in total. The molecule has 0 saturated carbocycles. The fraction of sp³-hybridized carbons (Fsp3) is 0.179. The second kappa shape index (κ2) is 10.1. The van der Waals surface area contributed by atoms with Crippen molar-refractivity contribution < 1.29 is 19.1 Å². The van der Waals surface area contributed by atoms with Crippen molar-refractivity contribution in [2.75, 3.05) is 16.8 Å². The number of fused-ring (bicyclic) bond motifs is 2. The van der Waals surface area contributed by atoms with Crippen LogP contribution in [0, 0.1) is 0 Å². The van der Waals surface area contributed by atoms with E-state index in [2.05, 4.69) is 10.4 Å². The molecular formula is C28H24N4O5. The van der Waals surface area contributed by atoms with Crippen molar-refractivity contribution in [2.24, 2.45) is 0 Å². The second-order valence-corrected chi connectivity index (χ2v) is 8.80. The zero-order valence-corrected chi connectivity index (χ0v) is 20.1. The van der Waals surface area contributed by atoms with E-state index >= 15 is 0 Å². The number of carbonyl (C=O) groups is 3. The topological polar surface area (TPSA) is 111 Å². The number of ether oxygens (including phenoxy) is 1. The smallest absolute Gasteiger partial charge is 0.359 e. The summed E-state index contributed by atoms with van der Waals surface area (Å²) in [5.41, 5.74) is 1.50. The van der Waals surface area contributed by atoms with Crippen LogP contribution >= 0.6 is 0 Å². The summed E-state index contributed by atoms with van der Waals surface area (Å²) in [6.07, 6.45) is 0.102. The highest BCUT2D eigenvalue weighted by atomic mass is 16.5. The normalized spacial score (nSPS) is 15.0. The Morgan fingerprint density at radius 2 is 1.62 bits per heavy atom. The quantitative estimate of drug-likeness (QED) is 0.424. The van der Waals surface area contributed by atoms with Gasteiger partial charge in [0.25, 0.3) is 11.5 Å². The number of nitrogens with one attached hydrogen (secondary N) is 1. The van der Waals surface area contributed by atoms with Crippen molar-refractivity contribution in [3.05, 3.63) is 100 Å². The Kier molecular flexibility index (Phi) is 6.51. The lowest BCUT2D eigenvalue weighted by Gasteiger charge is -2.27. The fourth-order valence-corrected chi connectivity index (χ4v) is 4.48. The van der Waals surface area contributed by atoms with Gasteiger partial charge in [-0.2, -0.15) is 5.10 Å². The summed E-state index contributed by atoms with van der Waals surface area (Å²) in [4.78, 5) is 53.1. The van der Waals surface area contributed by atoms with E-state index in [1.54, 1.807) is 55.5 Å². The third kappa shape index (κ3) is 4.84. The number of anilines is 2. The summed E-state index contributed by atoms with van der Waals surface area (Å²) in [5.74, 6) is -1.51. The predicted octanol–water partition coefficient (Wildman–Crippen LogP) is 3.37. The minimum absolute atomic E-state index is 0.0555. The van der Waals surface area contributed by atoms with Crippen molar-refractivity contribution in [1.29, 1.82) is 0 Å². The van der Waals surface area contributed by atoms with Gasteiger partial charge < -0.3 is 15.0 Å². The van der Waals surface area contributed by atoms with E-state index in [0.717, 1.165) is 5.56 Å². The molecule has 0 aliphatic carbocycles. The SMILES string of the molecule is CC1CC(=O)Nc2ccccc2N1C(=O)COC(=O)c1nn(Cc2ccccc2)c(=O)c2ccccc12. The predicted molar refractivity (Wildman–Crippen MR) is 138 cm³/mol. The first kappa shape index (κ1) is 23.9. The zero-order valence-electron chi connectivity index (χ0n) is 20.1. The minimum atomic E-state index is -0.823. The van der Waals surface area contributed by atoms with Gasteiger partial charge in [-0.25, -0.2) is 9.48 Å². The highest BCUT2D eigenvalue weighted by Gasteiger charge is 2.30. The number of esters is 1. The highest BCUT2D eigenvalue weighted by molar-refractivity contribution is 6.06. The summed E-state index contributed by atoms with van der Waals surface area (Å²) < 4.78 is 6.64. The van der Waals surface area contributed by atoms with E-state index in [1.807, 2.05) is 30.3 Å². The largest absolute Gasteiger partial charge is 0.451 e. The van der Waals surface area contributed by atoms with Gasteiger partial charge in [-0.3, -0.25) is 14.4 Å². The van der Waals surface area contributed by atoms with Crippen molar-refractivity contribution in [3.8, 4) is 0 Å². The maximum atomic E-state index is 13.2. The highest BCUT2D eigenvalue weighted by Crippen LogP contribution is 2.31. The van der Waals surface area contributed by atoms with Crippen LogP contribution in [0.25, 0.3) is 10.8 Å². The van der Waals surface area contributed by atoms with Crippen molar-refractivity contribution >= 4 is 39.9 Å². The second-order valence-electron chi connectivity index (χ2n) is 8.80. The number of para-hydroxylation sites is 2. The van der Waals surface area contributed by atoms with Crippen LogP contribution in [0.5, 0.6) is 0 Å². The first-order chi connectivity index (χ1) is 17.9. The van der Waals surface area contributed by atoms with Gasteiger partial charge in [-0.1, -0.05) is 60.7 Å². The zero-order chi connectivity index (χ0) is 25.9. The summed E-state index contributed by atoms with van der Waals surface area (Å²) in [6.45, 7) is 1.38. The Hall–Kier alpha value is -4.79. The maximum absolute atomic E-state index is 13.2. The number of nitrogens with zero attached hydrogens (tertiary/aromatic N) is 3. The van der Waals surface area contributed by atoms with Gasteiger partial charge in [-0.05, 0) is 30.7 Å². The number of hydrogen-bond donors (Lipinski definition) is 1. The van der Waals surface area contributed by atoms with Gasteiger partial charge >= 0.3 is 5.97 Å². The van der Waals surface area contributed by atoms with Gasteiger partial charge in [0.15, 0.2) is 12.3 Å². The summed E-state index contributed by atoms with van der Waals surface area (Å²) in [5, 5.41) is 7.78. The molecule has 5 rings (SSSR count). The van der Waals surface area contributed by atoms with Crippen LogP contribution < -0.4 is 15.8 Å². The molecule has 4 aromatic rings. The van der Waals surface area contributed by atoms with E-state index in [9.17, 15) is 19.2 Å². The number of amides is 2. The van der Waals surface area contributed by atoms with Crippen LogP contribution in [0.1, 0.15) is 29.4 Å². The van der Waals surface area contributed by atoms with Crippen LogP contribution in [0.15, 0.2) is 83.7 Å². The molecule has 0 saturated heterocycles. The van der Waals surface area contributed by atoms with E-state index in [-0.39, 0.29) is 30.1 Å². The van der Waals surface area contributed by atoms with Gasteiger partial charge in [0.05, 0.1) is 23.3 Å². The summed E-state index contributed by atoms with van der Waals surface area (Å²) in [6, 6.07) is 22.5. The number of benzene rings is 3. The lowest BCUT2D eigenvalue weighted by atomic mass is 10.1. The molecule has 0 spiro atoms. The molecule has 0 fully saturated rings. The number of rotatable bonds is 5. The van der Waals surface area contributed by atoms with E-state index in [1.165, 1.54) is 9.58 Å². The van der Waals surface area contributed by atoms with E-state index < -0.39 is 24.5 Å². The number of carbonyl (C=O) groups excluding carboxylic acids is 3. The Morgan fingerprint density at radius 3 is 2.41 bits per heavy atom. The first-order valence-corrected chi connectivity index (χ1v) is 11.8. The molecule has 37 heavy (non-hydrogen) atoms. The minimum Gasteiger partial charge on any atom is -0.451 e. The molecule has 1 unspecified atom stereocenters. The monoisotopic (exact) mass is 496 g/mol. The number of aromatic nitrogens is 2. The van der Waals surface area contributed by atoms with Crippen molar-refractivity contribution in [3.63, 3.8) is 0 Å². The Balaban J connectivity index is 1.42. The first-order valence-electron chi connectivity index (χ1n) is 11.8.